The van der Waals surface area contributed by atoms with Gasteiger partial charge in [-0.3, -0.25) is 0 Å². The lowest BCUT2D eigenvalue weighted by atomic mass is 9.96. The van der Waals surface area contributed by atoms with Crippen LogP contribution in [0.4, 0.5) is 5.82 Å². The Labute approximate surface area is 163 Å². The molecule has 0 bridgehead atoms. The number of rotatable bonds is 5. The number of fused-ring (bicyclic) bond motifs is 1. The number of phenols is 1. The monoisotopic (exact) mass is 371 g/mol. The smallest absolute Gasteiger partial charge is 0.147 e. The van der Waals surface area contributed by atoms with Crippen molar-refractivity contribution in [3.63, 3.8) is 0 Å². The molecule has 0 aliphatic heterocycles. The van der Waals surface area contributed by atoms with Gasteiger partial charge in [0.1, 0.15) is 22.8 Å². The van der Waals surface area contributed by atoms with E-state index in [4.69, 9.17) is 4.74 Å². The fourth-order valence-electron chi connectivity index (χ4n) is 3.25. The van der Waals surface area contributed by atoms with Gasteiger partial charge in [0.2, 0.25) is 0 Å². The van der Waals surface area contributed by atoms with E-state index >= 15 is 0 Å². The Morgan fingerprint density at radius 2 is 1.75 bits per heavy atom. The molecule has 0 saturated carbocycles. The first-order valence-electron chi connectivity index (χ1n) is 9.06. The molecule has 0 spiro atoms. The van der Waals surface area contributed by atoms with E-state index in [1.54, 1.807) is 13.3 Å². The third-order valence-electron chi connectivity index (χ3n) is 4.72. The number of aromatic hydroxyl groups is 1. The molecule has 0 aliphatic rings. The number of ether oxygens (including phenoxy) is 1. The average Bonchev–Trinajstić information content (AvgIpc) is 2.74. The van der Waals surface area contributed by atoms with Crippen LogP contribution >= 0.6 is 0 Å². The van der Waals surface area contributed by atoms with Gasteiger partial charge in [-0.25, -0.2) is 9.97 Å². The minimum Gasteiger partial charge on any atom is -0.505 e. The zero-order valence-electron chi connectivity index (χ0n) is 15.8. The van der Waals surface area contributed by atoms with Crippen LogP contribution in [0.15, 0.2) is 72.9 Å². The largest absolute Gasteiger partial charge is 0.505 e. The van der Waals surface area contributed by atoms with E-state index in [1.165, 1.54) is 0 Å². The van der Waals surface area contributed by atoms with Crippen LogP contribution < -0.4 is 10.1 Å². The van der Waals surface area contributed by atoms with Gasteiger partial charge in [0.15, 0.2) is 0 Å². The molecule has 140 valence electrons. The highest BCUT2D eigenvalue weighted by Gasteiger charge is 2.20. The minimum atomic E-state index is -0.299. The zero-order valence-corrected chi connectivity index (χ0v) is 15.8. The van der Waals surface area contributed by atoms with Crippen molar-refractivity contribution in [3.8, 4) is 11.5 Å². The summed E-state index contributed by atoms with van der Waals surface area (Å²) in [5.41, 5.74) is 3.17. The van der Waals surface area contributed by atoms with E-state index in [-0.39, 0.29) is 11.8 Å². The topological polar surface area (TPSA) is 67.3 Å². The van der Waals surface area contributed by atoms with Crippen LogP contribution in [0.5, 0.6) is 11.5 Å². The summed E-state index contributed by atoms with van der Waals surface area (Å²) < 4.78 is 5.28. The quantitative estimate of drug-likeness (QED) is 0.525. The lowest BCUT2D eigenvalue weighted by molar-refractivity contribution is 0.414. The summed E-state index contributed by atoms with van der Waals surface area (Å²) in [6.07, 6.45) is 1.73. The van der Waals surface area contributed by atoms with Gasteiger partial charge in [-0.15, -0.1) is 0 Å². The maximum absolute atomic E-state index is 11.0. The van der Waals surface area contributed by atoms with Crippen LogP contribution in [-0.2, 0) is 0 Å². The molecule has 2 aromatic carbocycles. The molecular formula is C23H21N3O2. The molecule has 28 heavy (non-hydrogen) atoms. The fraction of sp³-hybridized carbons (Fsp3) is 0.130. The number of benzene rings is 2. The summed E-state index contributed by atoms with van der Waals surface area (Å²) in [5, 5.41) is 15.4. The van der Waals surface area contributed by atoms with Gasteiger partial charge in [0.25, 0.3) is 0 Å². The minimum absolute atomic E-state index is 0.172. The zero-order chi connectivity index (χ0) is 19.5. The van der Waals surface area contributed by atoms with E-state index in [1.807, 2.05) is 73.7 Å². The van der Waals surface area contributed by atoms with Crippen LogP contribution in [0.1, 0.15) is 22.9 Å². The molecule has 0 saturated heterocycles. The molecule has 5 heteroatoms. The molecule has 4 rings (SSSR count). The van der Waals surface area contributed by atoms with Crippen LogP contribution in [0, 0.1) is 6.92 Å². The SMILES string of the molecule is COc1ccc([C@@H](Nc2ccccn2)c2ccc3ccc(C)nc3c2O)cc1. The molecule has 0 fully saturated rings. The van der Waals surface area contributed by atoms with Crippen LogP contribution in [-0.4, -0.2) is 22.2 Å². The number of aromatic nitrogens is 2. The van der Waals surface area contributed by atoms with Crippen molar-refractivity contribution in [1.29, 1.82) is 0 Å². The molecule has 2 heterocycles. The van der Waals surface area contributed by atoms with Crippen molar-refractivity contribution in [2.75, 3.05) is 12.4 Å². The van der Waals surface area contributed by atoms with Gasteiger partial charge in [0, 0.05) is 22.8 Å². The first-order valence-corrected chi connectivity index (χ1v) is 9.06. The number of nitrogens with zero attached hydrogens (tertiary/aromatic N) is 2. The summed E-state index contributed by atoms with van der Waals surface area (Å²) in [6, 6.07) is 21.0. The summed E-state index contributed by atoms with van der Waals surface area (Å²) in [7, 11) is 1.64. The van der Waals surface area contributed by atoms with Gasteiger partial charge in [-0.05, 0) is 42.8 Å². The highest BCUT2D eigenvalue weighted by atomic mass is 16.5. The van der Waals surface area contributed by atoms with Crippen LogP contribution in [0.3, 0.4) is 0 Å². The number of anilines is 1. The summed E-state index contributed by atoms with van der Waals surface area (Å²) >= 11 is 0. The molecule has 0 radical (unpaired) electrons. The van der Waals surface area contributed by atoms with E-state index in [0.29, 0.717) is 5.52 Å². The Morgan fingerprint density at radius 1 is 0.964 bits per heavy atom. The van der Waals surface area contributed by atoms with Crippen molar-refractivity contribution in [2.45, 2.75) is 13.0 Å². The lowest BCUT2D eigenvalue weighted by Crippen LogP contribution is -2.13. The van der Waals surface area contributed by atoms with Crippen molar-refractivity contribution < 1.29 is 9.84 Å². The molecule has 1 atom stereocenters. The molecule has 0 aliphatic carbocycles. The third-order valence-corrected chi connectivity index (χ3v) is 4.72. The third kappa shape index (κ3) is 3.47. The Bertz CT molecular complexity index is 1100. The number of pyridine rings is 2. The number of hydrogen-bond acceptors (Lipinski definition) is 5. The number of aryl methyl sites for hydroxylation is 1. The van der Waals surface area contributed by atoms with Gasteiger partial charge < -0.3 is 15.2 Å². The maximum Gasteiger partial charge on any atom is 0.147 e. The van der Waals surface area contributed by atoms with Gasteiger partial charge in [0.05, 0.1) is 13.2 Å². The van der Waals surface area contributed by atoms with E-state index in [2.05, 4.69) is 15.3 Å². The van der Waals surface area contributed by atoms with E-state index in [0.717, 1.165) is 33.8 Å². The second-order valence-electron chi connectivity index (χ2n) is 6.59. The van der Waals surface area contributed by atoms with Crippen molar-refractivity contribution >= 4 is 16.7 Å². The van der Waals surface area contributed by atoms with E-state index < -0.39 is 0 Å². The number of phenolic OH excluding ortho intramolecular Hbond substituents is 1. The number of hydrogen-bond donors (Lipinski definition) is 2. The molecule has 2 N–H and O–H groups in total. The summed E-state index contributed by atoms with van der Waals surface area (Å²) in [4.78, 5) is 8.91. The molecule has 0 amide bonds. The maximum atomic E-state index is 11.0. The normalized spacial score (nSPS) is 11.9. The van der Waals surface area contributed by atoms with Gasteiger partial charge >= 0.3 is 0 Å². The number of methoxy groups -OCH3 is 1. The molecule has 0 unspecified atom stereocenters. The second-order valence-corrected chi connectivity index (χ2v) is 6.59. The molecule has 5 nitrogen and oxygen atoms in total. The Kier molecular flexibility index (Phi) is 4.81. The molecular weight excluding hydrogens is 350 g/mol. The van der Waals surface area contributed by atoms with Crippen molar-refractivity contribution in [1.82, 2.24) is 9.97 Å². The Balaban J connectivity index is 1.84. The Hall–Kier alpha value is -3.60. The standard InChI is InChI=1S/C23H21N3O2/c1-15-6-7-17-10-13-19(23(27)22(17)25-15)21(26-20-5-3-4-14-24-20)16-8-11-18(28-2)12-9-16/h3-14,21,27H,1-2H3,(H,24,26)/t21-/m1/s1. The highest BCUT2D eigenvalue weighted by molar-refractivity contribution is 5.86. The number of nitrogens with one attached hydrogen (secondary N) is 1. The van der Waals surface area contributed by atoms with Gasteiger partial charge in [-0.1, -0.05) is 36.4 Å². The van der Waals surface area contributed by atoms with Gasteiger partial charge in [-0.2, -0.15) is 0 Å². The first-order chi connectivity index (χ1) is 13.7. The molecule has 2 aromatic heterocycles. The highest BCUT2D eigenvalue weighted by Crippen LogP contribution is 2.36. The predicted molar refractivity (Wildman–Crippen MR) is 111 cm³/mol. The van der Waals surface area contributed by atoms with Crippen molar-refractivity contribution in [3.05, 3.63) is 89.7 Å². The Morgan fingerprint density at radius 3 is 2.46 bits per heavy atom. The fourth-order valence-corrected chi connectivity index (χ4v) is 3.25. The average molecular weight is 371 g/mol. The first kappa shape index (κ1) is 17.8. The second kappa shape index (κ2) is 7.56. The van der Waals surface area contributed by atoms with Crippen LogP contribution in [0.25, 0.3) is 10.9 Å². The predicted octanol–water partition coefficient (Wildman–Crippen LogP) is 4.85. The summed E-state index contributed by atoms with van der Waals surface area (Å²) in [5.74, 6) is 1.67. The van der Waals surface area contributed by atoms with Crippen LogP contribution in [0.2, 0.25) is 0 Å². The van der Waals surface area contributed by atoms with E-state index in [9.17, 15) is 5.11 Å². The molecule has 4 aromatic rings. The van der Waals surface area contributed by atoms with Crippen molar-refractivity contribution in [2.24, 2.45) is 0 Å². The lowest BCUT2D eigenvalue weighted by Gasteiger charge is -2.22. The summed E-state index contributed by atoms with van der Waals surface area (Å²) in [6.45, 7) is 1.92.